The molecule has 3 heterocycles. The molecular formula is C23H19F6N5O4. The predicted molar refractivity (Wildman–Crippen MR) is 117 cm³/mol. The van der Waals surface area contributed by atoms with Gasteiger partial charge in [-0.3, -0.25) is 4.79 Å². The highest BCUT2D eigenvalue weighted by molar-refractivity contribution is 5.99. The van der Waals surface area contributed by atoms with E-state index in [2.05, 4.69) is 20.1 Å². The molecular weight excluding hydrogens is 524 g/mol. The lowest BCUT2D eigenvalue weighted by Crippen LogP contribution is -2.36. The first-order valence-corrected chi connectivity index (χ1v) is 11.3. The van der Waals surface area contributed by atoms with Crippen molar-refractivity contribution in [3.63, 3.8) is 0 Å². The fourth-order valence-corrected chi connectivity index (χ4v) is 4.80. The zero-order valence-electron chi connectivity index (χ0n) is 19.3. The summed E-state index contributed by atoms with van der Waals surface area (Å²) < 4.78 is 86.7. The van der Waals surface area contributed by atoms with Gasteiger partial charge in [-0.2, -0.15) is 28.6 Å². The summed E-state index contributed by atoms with van der Waals surface area (Å²) in [5.41, 5.74) is -1.02. The second-order valence-electron chi connectivity index (χ2n) is 9.09. The fourth-order valence-electron chi connectivity index (χ4n) is 4.80. The molecule has 9 nitrogen and oxygen atoms in total. The second-order valence-corrected chi connectivity index (χ2v) is 9.09. The summed E-state index contributed by atoms with van der Waals surface area (Å²) in [5, 5.41) is 9.67. The number of amides is 2. The summed E-state index contributed by atoms with van der Waals surface area (Å²) in [6, 6.07) is 6.74. The highest BCUT2D eigenvalue weighted by Gasteiger charge is 2.45. The van der Waals surface area contributed by atoms with Crippen LogP contribution in [-0.4, -0.2) is 69.8 Å². The molecule has 5 rings (SSSR count). The fraction of sp³-hybridized carbons (Fsp3) is 0.391. The lowest BCUT2D eigenvalue weighted by Gasteiger charge is -2.23. The number of halogens is 6. The minimum Gasteiger partial charge on any atom is -0.445 e. The SMILES string of the molecule is O=C(OCc1ccc(OC(F)(F)F)cc1)N1CC2CN(C(=O)c3cc4n[nH]nc4cc3C(F)(F)F)CC2C1. The Morgan fingerprint density at radius 1 is 0.895 bits per heavy atom. The molecule has 0 saturated carbocycles. The Hall–Kier alpha value is -4.04. The van der Waals surface area contributed by atoms with Crippen LogP contribution in [0.2, 0.25) is 0 Å². The van der Waals surface area contributed by atoms with Crippen molar-refractivity contribution in [2.45, 2.75) is 19.1 Å². The maximum absolute atomic E-state index is 13.6. The number of carbonyl (C=O) groups is 2. The molecule has 0 radical (unpaired) electrons. The van der Waals surface area contributed by atoms with Crippen molar-refractivity contribution in [3.05, 3.63) is 53.1 Å². The Kier molecular flexibility index (Phi) is 6.31. The normalized spacial score (nSPS) is 19.6. The van der Waals surface area contributed by atoms with Gasteiger partial charge >= 0.3 is 18.6 Å². The number of fused-ring (bicyclic) bond motifs is 2. The van der Waals surface area contributed by atoms with Gasteiger partial charge in [0.1, 0.15) is 23.4 Å². The molecule has 2 atom stereocenters. The summed E-state index contributed by atoms with van der Waals surface area (Å²) in [4.78, 5) is 28.4. The molecule has 0 spiro atoms. The summed E-state index contributed by atoms with van der Waals surface area (Å²) in [7, 11) is 0. The van der Waals surface area contributed by atoms with Gasteiger partial charge in [-0.15, -0.1) is 13.2 Å². The molecule has 2 unspecified atom stereocenters. The zero-order chi connectivity index (χ0) is 27.2. The topological polar surface area (TPSA) is 101 Å². The van der Waals surface area contributed by atoms with Gasteiger partial charge in [-0.25, -0.2) is 4.79 Å². The van der Waals surface area contributed by atoms with Gasteiger partial charge in [-0.05, 0) is 29.8 Å². The Labute approximate surface area is 210 Å². The molecule has 15 heteroatoms. The standard InChI is InChI=1S/C23H19F6N5O4/c24-22(25,26)17-6-19-18(30-32-31-19)5-16(17)20(35)33-7-13-9-34(10-14(13)8-33)21(36)37-11-12-1-3-15(4-2-12)38-23(27,28)29/h1-6,13-14H,7-11H2,(H,30,31,32). The van der Waals surface area contributed by atoms with Crippen LogP contribution in [0, 0.1) is 11.8 Å². The Morgan fingerprint density at radius 3 is 2.05 bits per heavy atom. The predicted octanol–water partition coefficient (Wildman–Crippen LogP) is 4.22. The average Bonchev–Trinajstić information content (AvgIpc) is 3.55. The first-order chi connectivity index (χ1) is 17.9. The van der Waals surface area contributed by atoms with E-state index in [0.29, 0.717) is 5.56 Å². The van der Waals surface area contributed by atoms with Crippen LogP contribution in [-0.2, 0) is 17.5 Å². The van der Waals surface area contributed by atoms with Crippen molar-refractivity contribution in [2.75, 3.05) is 26.2 Å². The number of rotatable bonds is 4. The van der Waals surface area contributed by atoms with Gasteiger partial charge in [0.25, 0.3) is 5.91 Å². The van der Waals surface area contributed by atoms with Gasteiger partial charge in [0.2, 0.25) is 0 Å². The number of hydrogen-bond acceptors (Lipinski definition) is 6. The summed E-state index contributed by atoms with van der Waals surface area (Å²) >= 11 is 0. The monoisotopic (exact) mass is 543 g/mol. The summed E-state index contributed by atoms with van der Waals surface area (Å²) in [5.74, 6) is -1.46. The van der Waals surface area contributed by atoms with Gasteiger partial charge in [0, 0.05) is 38.0 Å². The number of aromatic amines is 1. The lowest BCUT2D eigenvalue weighted by atomic mass is 10.0. The minimum atomic E-state index is -4.81. The van der Waals surface area contributed by atoms with E-state index in [9.17, 15) is 35.9 Å². The number of nitrogens with one attached hydrogen (secondary N) is 1. The van der Waals surface area contributed by atoms with E-state index < -0.39 is 41.4 Å². The van der Waals surface area contributed by atoms with E-state index >= 15 is 0 Å². The molecule has 1 N–H and O–H groups in total. The number of benzene rings is 2. The maximum Gasteiger partial charge on any atom is 0.573 e. The van der Waals surface area contributed by atoms with Gasteiger partial charge in [-0.1, -0.05) is 12.1 Å². The molecule has 2 saturated heterocycles. The van der Waals surface area contributed by atoms with Crippen molar-refractivity contribution in [1.82, 2.24) is 25.2 Å². The van der Waals surface area contributed by atoms with Crippen LogP contribution >= 0.6 is 0 Å². The first kappa shape index (κ1) is 25.6. The van der Waals surface area contributed by atoms with E-state index in [1.165, 1.54) is 21.9 Å². The average molecular weight is 543 g/mol. The number of likely N-dealkylation sites (tertiary alicyclic amines) is 2. The lowest BCUT2D eigenvalue weighted by molar-refractivity contribution is -0.274. The Balaban J connectivity index is 1.17. The number of carbonyl (C=O) groups excluding carboxylic acids is 2. The van der Waals surface area contributed by atoms with E-state index in [4.69, 9.17) is 4.74 Å². The van der Waals surface area contributed by atoms with Crippen LogP contribution in [0.4, 0.5) is 31.1 Å². The van der Waals surface area contributed by atoms with Crippen LogP contribution in [0.15, 0.2) is 36.4 Å². The third-order valence-electron chi connectivity index (χ3n) is 6.54. The largest absolute Gasteiger partial charge is 0.573 e. The molecule has 0 bridgehead atoms. The second kappa shape index (κ2) is 9.36. The van der Waals surface area contributed by atoms with Gasteiger partial charge in [0.05, 0.1) is 11.1 Å². The zero-order valence-corrected chi connectivity index (χ0v) is 19.3. The molecule has 2 aromatic carbocycles. The van der Waals surface area contributed by atoms with E-state index in [1.54, 1.807) is 0 Å². The number of alkyl halides is 6. The first-order valence-electron chi connectivity index (χ1n) is 11.3. The van der Waals surface area contributed by atoms with Crippen molar-refractivity contribution in [3.8, 4) is 5.75 Å². The third-order valence-corrected chi connectivity index (χ3v) is 6.54. The van der Waals surface area contributed by atoms with Crippen LogP contribution in [0.3, 0.4) is 0 Å². The van der Waals surface area contributed by atoms with Crippen LogP contribution in [0.25, 0.3) is 11.0 Å². The smallest absolute Gasteiger partial charge is 0.445 e. The van der Waals surface area contributed by atoms with Crippen LogP contribution in [0.5, 0.6) is 5.75 Å². The quantitative estimate of drug-likeness (QED) is 0.495. The number of ether oxygens (including phenoxy) is 2. The summed E-state index contributed by atoms with van der Waals surface area (Å²) in [6.07, 6.45) is -10.2. The van der Waals surface area contributed by atoms with Crippen molar-refractivity contribution >= 4 is 23.0 Å². The van der Waals surface area contributed by atoms with Crippen molar-refractivity contribution in [1.29, 1.82) is 0 Å². The van der Waals surface area contributed by atoms with Crippen LogP contribution in [0.1, 0.15) is 21.5 Å². The molecule has 0 aliphatic carbocycles. The number of aromatic nitrogens is 3. The summed E-state index contributed by atoms with van der Waals surface area (Å²) in [6.45, 7) is 0.663. The third kappa shape index (κ3) is 5.31. The molecule has 3 aromatic rings. The molecule has 2 aliphatic heterocycles. The van der Waals surface area contributed by atoms with Gasteiger partial charge in [0.15, 0.2) is 0 Å². The van der Waals surface area contributed by atoms with E-state index in [0.717, 1.165) is 24.3 Å². The van der Waals surface area contributed by atoms with Gasteiger partial charge < -0.3 is 19.3 Å². The van der Waals surface area contributed by atoms with E-state index in [1.807, 2.05) is 0 Å². The molecule has 1 aromatic heterocycles. The van der Waals surface area contributed by atoms with Crippen molar-refractivity contribution in [2.24, 2.45) is 11.8 Å². The minimum absolute atomic E-state index is 0.00750. The number of H-pyrrole nitrogens is 1. The highest BCUT2D eigenvalue weighted by atomic mass is 19.4. The van der Waals surface area contributed by atoms with E-state index in [-0.39, 0.29) is 55.7 Å². The van der Waals surface area contributed by atoms with Crippen molar-refractivity contribution < 1.29 is 45.4 Å². The molecule has 2 amide bonds. The van der Waals surface area contributed by atoms with Crippen LogP contribution < -0.4 is 4.74 Å². The molecule has 202 valence electrons. The molecule has 2 fully saturated rings. The number of nitrogens with zero attached hydrogens (tertiary/aromatic N) is 4. The Morgan fingerprint density at radius 2 is 1.47 bits per heavy atom. The Bertz CT molecular complexity index is 1340. The maximum atomic E-state index is 13.6. The molecule has 38 heavy (non-hydrogen) atoms. The number of hydrogen-bond donors (Lipinski definition) is 1. The molecule has 2 aliphatic rings. The highest BCUT2D eigenvalue weighted by Crippen LogP contribution is 2.37.